The zero-order valence-electron chi connectivity index (χ0n) is 17.0. The lowest BCUT2D eigenvalue weighted by Crippen LogP contribution is -2.38. The zero-order chi connectivity index (χ0) is 19.3. The van der Waals surface area contributed by atoms with Gasteiger partial charge in [-0.3, -0.25) is 0 Å². The molecule has 8 heteroatoms. The Morgan fingerprint density at radius 1 is 1.25 bits per heavy atom. The highest BCUT2D eigenvalue weighted by Gasteiger charge is 2.05. The van der Waals surface area contributed by atoms with Gasteiger partial charge in [-0.15, -0.1) is 24.0 Å². The predicted octanol–water partition coefficient (Wildman–Crippen LogP) is 2.98. The second-order valence-corrected chi connectivity index (χ2v) is 6.23. The van der Waals surface area contributed by atoms with Crippen LogP contribution in [0.1, 0.15) is 24.5 Å². The maximum absolute atomic E-state index is 5.85. The van der Waals surface area contributed by atoms with E-state index in [0.717, 1.165) is 43.3 Å². The Hall–Kier alpha value is -1.81. The van der Waals surface area contributed by atoms with Gasteiger partial charge in [-0.25, -0.2) is 9.98 Å². The first kappa shape index (κ1) is 24.2. The summed E-state index contributed by atoms with van der Waals surface area (Å²) < 4.78 is 13.0. The van der Waals surface area contributed by atoms with Gasteiger partial charge in [0.15, 0.2) is 5.96 Å². The first-order chi connectivity index (χ1) is 13.2. The van der Waals surface area contributed by atoms with Crippen LogP contribution in [0.4, 0.5) is 0 Å². The van der Waals surface area contributed by atoms with Gasteiger partial charge in [0.2, 0.25) is 0 Å². The zero-order valence-corrected chi connectivity index (χ0v) is 19.3. The van der Waals surface area contributed by atoms with Crippen LogP contribution in [0, 0.1) is 6.92 Å². The second-order valence-electron chi connectivity index (χ2n) is 6.23. The van der Waals surface area contributed by atoms with Crippen LogP contribution in [0.2, 0.25) is 0 Å². The van der Waals surface area contributed by atoms with E-state index in [-0.39, 0.29) is 24.0 Å². The van der Waals surface area contributed by atoms with Gasteiger partial charge in [-0.05, 0) is 31.9 Å². The summed E-state index contributed by atoms with van der Waals surface area (Å²) >= 11 is 0. The summed E-state index contributed by atoms with van der Waals surface area (Å²) in [4.78, 5) is 8.76. The quantitative estimate of drug-likeness (QED) is 0.215. The molecule has 0 saturated heterocycles. The normalized spacial score (nSPS) is 11.0. The minimum absolute atomic E-state index is 0. The fraction of sp³-hybridized carbons (Fsp3) is 0.500. The molecule has 0 bridgehead atoms. The van der Waals surface area contributed by atoms with Gasteiger partial charge in [0.25, 0.3) is 0 Å². The predicted molar refractivity (Wildman–Crippen MR) is 124 cm³/mol. The number of rotatable bonds is 11. The molecule has 0 aliphatic rings. The number of halogens is 1. The Bertz CT molecular complexity index is 692. The minimum Gasteiger partial charge on any atom is -0.491 e. The van der Waals surface area contributed by atoms with Crippen molar-refractivity contribution in [1.82, 2.24) is 20.2 Å². The topological polar surface area (TPSA) is 72.7 Å². The van der Waals surface area contributed by atoms with Crippen molar-refractivity contribution in [1.29, 1.82) is 0 Å². The number of nitrogens with zero attached hydrogens (tertiary/aromatic N) is 3. The summed E-state index contributed by atoms with van der Waals surface area (Å²) in [6, 6.07) is 6.20. The Balaban J connectivity index is 0.00000392. The number of hydrogen-bond donors (Lipinski definition) is 2. The molecule has 0 unspecified atom stereocenters. The summed E-state index contributed by atoms with van der Waals surface area (Å²) in [5.41, 5.74) is 2.23. The van der Waals surface area contributed by atoms with Crippen LogP contribution in [0.5, 0.6) is 5.75 Å². The van der Waals surface area contributed by atoms with Crippen molar-refractivity contribution in [3.8, 4) is 5.75 Å². The molecule has 0 atom stereocenters. The molecule has 156 valence electrons. The van der Waals surface area contributed by atoms with Crippen LogP contribution in [0.3, 0.4) is 0 Å². The number of aromatic nitrogens is 2. The third kappa shape index (κ3) is 8.92. The summed E-state index contributed by atoms with van der Waals surface area (Å²) in [6.45, 7) is 8.37. The summed E-state index contributed by atoms with van der Waals surface area (Å²) in [5, 5.41) is 6.67. The van der Waals surface area contributed by atoms with E-state index in [9.17, 15) is 0 Å². The number of nitrogens with one attached hydrogen (secondary N) is 2. The van der Waals surface area contributed by atoms with Crippen LogP contribution >= 0.6 is 24.0 Å². The molecule has 0 amide bonds. The standard InChI is InChI=1S/C20H31N5O2.HI/c1-4-22-20(23-8-5-10-25-11-9-21-16-25)24-15-18-7-6-17(2)14-19(18)27-13-12-26-3;/h6-7,9,11,14,16H,4-5,8,10,12-13,15H2,1-3H3,(H2,22,23,24);1H. The molecule has 2 rings (SSSR count). The molecule has 28 heavy (non-hydrogen) atoms. The van der Waals surface area contributed by atoms with E-state index in [1.54, 1.807) is 13.3 Å². The number of imidazole rings is 1. The fourth-order valence-corrected chi connectivity index (χ4v) is 2.56. The Morgan fingerprint density at radius 3 is 2.82 bits per heavy atom. The molecule has 0 fully saturated rings. The maximum Gasteiger partial charge on any atom is 0.191 e. The Morgan fingerprint density at radius 2 is 2.11 bits per heavy atom. The molecular weight excluding hydrogens is 469 g/mol. The maximum atomic E-state index is 5.85. The van der Waals surface area contributed by atoms with Crippen molar-refractivity contribution in [2.75, 3.05) is 33.4 Å². The monoisotopic (exact) mass is 501 g/mol. The van der Waals surface area contributed by atoms with Crippen LogP contribution in [-0.4, -0.2) is 48.9 Å². The van der Waals surface area contributed by atoms with Crippen molar-refractivity contribution in [2.24, 2.45) is 4.99 Å². The molecule has 1 aromatic carbocycles. The van der Waals surface area contributed by atoms with Crippen molar-refractivity contribution in [3.63, 3.8) is 0 Å². The average Bonchev–Trinajstić information content (AvgIpc) is 3.18. The van der Waals surface area contributed by atoms with E-state index in [4.69, 9.17) is 14.5 Å². The van der Waals surface area contributed by atoms with Gasteiger partial charge >= 0.3 is 0 Å². The van der Waals surface area contributed by atoms with Gasteiger partial charge in [-0.1, -0.05) is 12.1 Å². The van der Waals surface area contributed by atoms with Gasteiger partial charge in [-0.2, -0.15) is 0 Å². The minimum atomic E-state index is 0. The number of aryl methyl sites for hydroxylation is 2. The van der Waals surface area contributed by atoms with Gasteiger partial charge in [0, 0.05) is 44.7 Å². The number of guanidine groups is 1. The number of hydrogen-bond acceptors (Lipinski definition) is 4. The van der Waals surface area contributed by atoms with Crippen LogP contribution in [0.25, 0.3) is 0 Å². The van der Waals surface area contributed by atoms with E-state index in [1.165, 1.54) is 5.56 Å². The highest BCUT2D eigenvalue weighted by atomic mass is 127. The van der Waals surface area contributed by atoms with Crippen LogP contribution in [0.15, 0.2) is 41.9 Å². The number of aliphatic imine (C=N–C) groups is 1. The molecule has 2 N–H and O–H groups in total. The summed E-state index contributed by atoms with van der Waals surface area (Å²) in [7, 11) is 1.67. The van der Waals surface area contributed by atoms with E-state index >= 15 is 0 Å². The molecule has 0 aliphatic heterocycles. The molecule has 1 aromatic heterocycles. The van der Waals surface area contributed by atoms with Gasteiger partial charge in [0.1, 0.15) is 12.4 Å². The molecule has 0 aliphatic carbocycles. The summed E-state index contributed by atoms with van der Waals surface area (Å²) in [6.07, 6.45) is 6.60. The fourth-order valence-electron chi connectivity index (χ4n) is 2.56. The molecule has 1 heterocycles. The van der Waals surface area contributed by atoms with Crippen LogP contribution < -0.4 is 15.4 Å². The van der Waals surface area contributed by atoms with Crippen molar-refractivity contribution >= 4 is 29.9 Å². The highest BCUT2D eigenvalue weighted by molar-refractivity contribution is 14.0. The lowest BCUT2D eigenvalue weighted by atomic mass is 10.1. The molecule has 7 nitrogen and oxygen atoms in total. The van der Waals surface area contributed by atoms with Crippen molar-refractivity contribution in [3.05, 3.63) is 48.0 Å². The smallest absolute Gasteiger partial charge is 0.191 e. The Labute approximate surface area is 185 Å². The third-order valence-corrected chi connectivity index (χ3v) is 3.96. The first-order valence-corrected chi connectivity index (χ1v) is 9.42. The van der Waals surface area contributed by atoms with E-state index in [2.05, 4.69) is 46.2 Å². The lowest BCUT2D eigenvalue weighted by molar-refractivity contribution is 0.145. The number of methoxy groups -OCH3 is 1. The summed E-state index contributed by atoms with van der Waals surface area (Å²) in [5.74, 6) is 1.68. The van der Waals surface area contributed by atoms with Crippen LogP contribution in [-0.2, 0) is 17.8 Å². The lowest BCUT2D eigenvalue weighted by Gasteiger charge is -2.13. The molecule has 0 radical (unpaired) electrons. The largest absolute Gasteiger partial charge is 0.491 e. The van der Waals surface area contributed by atoms with Crippen molar-refractivity contribution in [2.45, 2.75) is 33.4 Å². The number of benzene rings is 1. The van der Waals surface area contributed by atoms with E-state index in [0.29, 0.717) is 19.8 Å². The average molecular weight is 501 g/mol. The molecule has 0 spiro atoms. The van der Waals surface area contributed by atoms with Gasteiger partial charge < -0.3 is 24.7 Å². The molecular formula is C20H32IN5O2. The highest BCUT2D eigenvalue weighted by Crippen LogP contribution is 2.21. The SMILES string of the molecule is CCNC(=NCc1ccc(C)cc1OCCOC)NCCCn1ccnc1.I. The van der Waals surface area contributed by atoms with E-state index in [1.807, 2.05) is 18.6 Å². The number of ether oxygens (including phenoxy) is 2. The van der Waals surface area contributed by atoms with Gasteiger partial charge in [0.05, 0.1) is 19.5 Å². The van der Waals surface area contributed by atoms with Crippen molar-refractivity contribution < 1.29 is 9.47 Å². The van der Waals surface area contributed by atoms with E-state index < -0.39 is 0 Å². The molecule has 0 saturated carbocycles. The second kappa shape index (κ2) is 14.2. The first-order valence-electron chi connectivity index (χ1n) is 9.42. The Kier molecular flexibility index (Phi) is 12.3. The third-order valence-electron chi connectivity index (χ3n) is 3.96. The molecule has 2 aromatic rings.